The van der Waals surface area contributed by atoms with Crippen molar-refractivity contribution in [2.24, 2.45) is 0 Å². The zero-order valence-electron chi connectivity index (χ0n) is 11.9. The molecule has 0 radical (unpaired) electrons. The smallest absolute Gasteiger partial charge is 0.312 e. The normalized spacial score (nSPS) is 11.2. The van der Waals surface area contributed by atoms with Crippen molar-refractivity contribution in [2.45, 2.75) is 47.0 Å². The highest BCUT2D eigenvalue weighted by Crippen LogP contribution is 2.22. The van der Waals surface area contributed by atoms with E-state index in [1.165, 1.54) is 0 Å². The molecule has 0 unspecified atom stereocenters. The molecule has 0 spiro atoms. The molecule has 0 amide bonds. The fourth-order valence-electron chi connectivity index (χ4n) is 1.98. The zero-order valence-corrected chi connectivity index (χ0v) is 11.9. The Morgan fingerprint density at radius 3 is 2.32 bits per heavy atom. The van der Waals surface area contributed by atoms with Gasteiger partial charge in [0.05, 0.1) is 4.92 Å². The van der Waals surface area contributed by atoms with E-state index in [0.717, 1.165) is 0 Å². The SMILES string of the molecule is CCOC(CCn1nc(C)c([N+](=O)[O-])c1C)OCC. The Morgan fingerprint density at radius 2 is 1.89 bits per heavy atom. The summed E-state index contributed by atoms with van der Waals surface area (Å²) in [5.74, 6) is 0. The van der Waals surface area contributed by atoms with Gasteiger partial charge in [0.2, 0.25) is 0 Å². The molecule has 19 heavy (non-hydrogen) atoms. The number of aromatic nitrogens is 2. The molecule has 0 N–H and O–H groups in total. The maximum Gasteiger partial charge on any atom is 0.312 e. The van der Waals surface area contributed by atoms with Gasteiger partial charge in [0.15, 0.2) is 6.29 Å². The van der Waals surface area contributed by atoms with Crippen LogP contribution in [0.4, 0.5) is 5.69 Å². The van der Waals surface area contributed by atoms with Crippen molar-refractivity contribution in [3.05, 3.63) is 21.5 Å². The van der Waals surface area contributed by atoms with Gasteiger partial charge in [0.1, 0.15) is 11.4 Å². The van der Waals surface area contributed by atoms with Crippen LogP contribution in [0.1, 0.15) is 31.7 Å². The van der Waals surface area contributed by atoms with E-state index in [4.69, 9.17) is 9.47 Å². The van der Waals surface area contributed by atoms with Crippen molar-refractivity contribution in [3.63, 3.8) is 0 Å². The summed E-state index contributed by atoms with van der Waals surface area (Å²) in [7, 11) is 0. The third-order valence-electron chi connectivity index (χ3n) is 2.81. The van der Waals surface area contributed by atoms with Crippen molar-refractivity contribution < 1.29 is 14.4 Å². The zero-order chi connectivity index (χ0) is 14.4. The number of ether oxygens (including phenoxy) is 2. The Hall–Kier alpha value is -1.47. The molecule has 0 saturated carbocycles. The molecule has 0 aliphatic carbocycles. The molecular formula is C12H21N3O4. The number of rotatable bonds is 8. The summed E-state index contributed by atoms with van der Waals surface area (Å²) >= 11 is 0. The molecule has 0 aromatic carbocycles. The summed E-state index contributed by atoms with van der Waals surface area (Å²) < 4.78 is 12.5. The molecule has 0 saturated heterocycles. The van der Waals surface area contributed by atoms with Crippen molar-refractivity contribution in [1.82, 2.24) is 9.78 Å². The summed E-state index contributed by atoms with van der Waals surface area (Å²) in [5, 5.41) is 15.1. The monoisotopic (exact) mass is 271 g/mol. The van der Waals surface area contributed by atoms with Gasteiger partial charge >= 0.3 is 5.69 Å². The molecule has 1 heterocycles. The minimum atomic E-state index is -0.392. The van der Waals surface area contributed by atoms with Crippen LogP contribution in [0, 0.1) is 24.0 Å². The highest BCUT2D eigenvalue weighted by atomic mass is 16.7. The van der Waals surface area contributed by atoms with Crippen molar-refractivity contribution in [1.29, 1.82) is 0 Å². The van der Waals surface area contributed by atoms with Crippen LogP contribution < -0.4 is 0 Å². The van der Waals surface area contributed by atoms with E-state index in [1.54, 1.807) is 18.5 Å². The van der Waals surface area contributed by atoms with E-state index in [2.05, 4.69) is 5.10 Å². The first kappa shape index (κ1) is 15.6. The molecular weight excluding hydrogens is 250 g/mol. The number of hydrogen-bond acceptors (Lipinski definition) is 5. The Morgan fingerprint density at radius 1 is 1.32 bits per heavy atom. The first-order chi connectivity index (χ1) is 9.01. The Bertz CT molecular complexity index is 425. The fraction of sp³-hybridized carbons (Fsp3) is 0.750. The Balaban J connectivity index is 2.72. The standard InChI is InChI=1S/C12H21N3O4/c1-5-18-11(19-6-2)7-8-14-10(4)12(15(16)17)9(3)13-14/h11H,5-8H2,1-4H3. The van der Waals surface area contributed by atoms with Gasteiger partial charge in [0, 0.05) is 26.2 Å². The maximum atomic E-state index is 10.9. The lowest BCUT2D eigenvalue weighted by Gasteiger charge is -2.16. The van der Waals surface area contributed by atoms with E-state index >= 15 is 0 Å². The topological polar surface area (TPSA) is 79.4 Å². The lowest BCUT2D eigenvalue weighted by molar-refractivity contribution is -0.386. The van der Waals surface area contributed by atoms with Gasteiger partial charge in [-0.2, -0.15) is 5.10 Å². The van der Waals surface area contributed by atoms with E-state index in [0.29, 0.717) is 37.6 Å². The van der Waals surface area contributed by atoms with Crippen molar-refractivity contribution in [3.8, 4) is 0 Å². The largest absolute Gasteiger partial charge is 0.353 e. The van der Waals surface area contributed by atoms with E-state index in [9.17, 15) is 10.1 Å². The van der Waals surface area contributed by atoms with Gasteiger partial charge in [0.25, 0.3) is 0 Å². The second-order valence-corrected chi connectivity index (χ2v) is 4.13. The van der Waals surface area contributed by atoms with E-state index < -0.39 is 4.92 Å². The van der Waals surface area contributed by atoms with Gasteiger partial charge in [-0.25, -0.2) is 0 Å². The highest BCUT2D eigenvalue weighted by Gasteiger charge is 2.22. The summed E-state index contributed by atoms with van der Waals surface area (Å²) in [6.45, 7) is 8.83. The van der Waals surface area contributed by atoms with Gasteiger partial charge in [-0.15, -0.1) is 0 Å². The minimum absolute atomic E-state index is 0.0874. The van der Waals surface area contributed by atoms with Crippen molar-refractivity contribution >= 4 is 5.69 Å². The maximum absolute atomic E-state index is 10.9. The Kier molecular flexibility index (Phi) is 5.91. The Labute approximate surface area is 112 Å². The molecule has 1 aromatic heterocycles. The molecule has 7 nitrogen and oxygen atoms in total. The molecule has 0 fully saturated rings. The predicted octanol–water partition coefficient (Wildman–Crippen LogP) is 2.20. The van der Waals surface area contributed by atoms with Crippen LogP contribution in [0.3, 0.4) is 0 Å². The van der Waals surface area contributed by atoms with Crippen LogP contribution in [0.2, 0.25) is 0 Å². The summed E-state index contributed by atoms with van der Waals surface area (Å²) in [4.78, 5) is 10.5. The quantitative estimate of drug-likeness (QED) is 0.411. The number of nitrogens with zero attached hydrogens (tertiary/aromatic N) is 3. The number of hydrogen-bond donors (Lipinski definition) is 0. The third kappa shape index (κ3) is 4.00. The molecule has 0 aliphatic heterocycles. The summed E-state index contributed by atoms with van der Waals surface area (Å²) in [6, 6.07) is 0. The van der Waals surface area contributed by atoms with Gasteiger partial charge in [-0.05, 0) is 27.7 Å². The van der Waals surface area contributed by atoms with Crippen LogP contribution in [0.25, 0.3) is 0 Å². The van der Waals surface area contributed by atoms with E-state index in [1.807, 2.05) is 13.8 Å². The molecule has 7 heteroatoms. The van der Waals surface area contributed by atoms with Gasteiger partial charge in [-0.3, -0.25) is 14.8 Å². The molecule has 1 aromatic rings. The van der Waals surface area contributed by atoms with Gasteiger partial charge < -0.3 is 9.47 Å². The number of aryl methyl sites for hydroxylation is 2. The minimum Gasteiger partial charge on any atom is -0.353 e. The first-order valence-electron chi connectivity index (χ1n) is 6.42. The average molecular weight is 271 g/mol. The second kappa shape index (κ2) is 7.20. The second-order valence-electron chi connectivity index (χ2n) is 4.13. The predicted molar refractivity (Wildman–Crippen MR) is 70.0 cm³/mol. The van der Waals surface area contributed by atoms with Crippen LogP contribution in [0.15, 0.2) is 0 Å². The van der Waals surface area contributed by atoms with E-state index in [-0.39, 0.29) is 12.0 Å². The molecule has 0 atom stereocenters. The summed E-state index contributed by atoms with van der Waals surface area (Å²) in [5.41, 5.74) is 1.09. The first-order valence-corrected chi connectivity index (χ1v) is 6.42. The summed E-state index contributed by atoms with van der Waals surface area (Å²) in [6.07, 6.45) is 0.318. The lowest BCUT2D eigenvalue weighted by atomic mass is 10.3. The lowest BCUT2D eigenvalue weighted by Crippen LogP contribution is -2.20. The van der Waals surface area contributed by atoms with Crippen molar-refractivity contribution in [2.75, 3.05) is 13.2 Å². The van der Waals surface area contributed by atoms with Crippen LogP contribution in [-0.2, 0) is 16.0 Å². The third-order valence-corrected chi connectivity index (χ3v) is 2.81. The fourth-order valence-corrected chi connectivity index (χ4v) is 1.98. The van der Waals surface area contributed by atoms with Crippen LogP contribution in [0.5, 0.6) is 0 Å². The average Bonchev–Trinajstić information content (AvgIpc) is 2.62. The molecule has 0 aliphatic rings. The molecule has 1 rings (SSSR count). The van der Waals surface area contributed by atoms with Crippen LogP contribution >= 0.6 is 0 Å². The van der Waals surface area contributed by atoms with Gasteiger partial charge in [-0.1, -0.05) is 0 Å². The highest BCUT2D eigenvalue weighted by molar-refractivity contribution is 5.39. The molecule has 108 valence electrons. The number of nitro groups is 1. The molecule has 0 bridgehead atoms. The van der Waals surface area contributed by atoms with Crippen LogP contribution in [-0.4, -0.2) is 34.2 Å².